The van der Waals surface area contributed by atoms with E-state index >= 15 is 0 Å². The maximum absolute atomic E-state index is 2.40. The molecule has 2 heteroatoms. The fourth-order valence-corrected chi connectivity index (χ4v) is 2.47. The van der Waals surface area contributed by atoms with Crippen molar-refractivity contribution in [2.75, 3.05) is 27.7 Å². The van der Waals surface area contributed by atoms with E-state index in [0.29, 0.717) is 0 Å². The van der Waals surface area contributed by atoms with Crippen LogP contribution >= 0.6 is 0 Å². The number of hydrogen-bond donors (Lipinski definition) is 2. The number of rotatable bonds is 1. The molecule has 0 spiro atoms. The highest BCUT2D eigenvalue weighted by molar-refractivity contribution is 4.70. The van der Waals surface area contributed by atoms with Gasteiger partial charge in [-0.05, 0) is 6.92 Å². The molecule has 2 N–H and O–H groups in total. The van der Waals surface area contributed by atoms with E-state index in [1.54, 1.807) is 9.80 Å². The lowest BCUT2D eigenvalue weighted by Gasteiger charge is -2.37. The molecule has 1 saturated heterocycles. The fourth-order valence-electron chi connectivity index (χ4n) is 2.47. The molecule has 1 heterocycles. The third kappa shape index (κ3) is 1.99. The monoisotopic (exact) mass is 172 g/mol. The summed E-state index contributed by atoms with van der Waals surface area (Å²) in [5.41, 5.74) is 0. The SMILES string of the molecule is C[C@@H]1C[NH+](C)[C@@H](C)C[C@H]1[NH+](C)C. The Morgan fingerprint density at radius 1 is 1.25 bits per heavy atom. The van der Waals surface area contributed by atoms with Gasteiger partial charge in [0.25, 0.3) is 0 Å². The molecule has 0 radical (unpaired) electrons. The van der Waals surface area contributed by atoms with Crippen molar-refractivity contribution >= 4 is 0 Å². The van der Waals surface area contributed by atoms with Gasteiger partial charge in [0.05, 0.1) is 46.1 Å². The van der Waals surface area contributed by atoms with Gasteiger partial charge in [-0.3, -0.25) is 0 Å². The van der Waals surface area contributed by atoms with E-state index in [4.69, 9.17) is 0 Å². The highest BCUT2D eigenvalue weighted by Gasteiger charge is 2.35. The zero-order valence-corrected chi connectivity index (χ0v) is 9.15. The second kappa shape index (κ2) is 3.75. The van der Waals surface area contributed by atoms with Crippen LogP contribution in [0.25, 0.3) is 0 Å². The van der Waals surface area contributed by atoms with E-state index in [1.165, 1.54) is 13.0 Å². The predicted octanol–water partition coefficient (Wildman–Crippen LogP) is -1.56. The Balaban J connectivity index is 2.55. The molecule has 12 heavy (non-hydrogen) atoms. The van der Waals surface area contributed by atoms with Crippen LogP contribution in [0.1, 0.15) is 20.3 Å². The van der Waals surface area contributed by atoms with Gasteiger partial charge in [0.15, 0.2) is 0 Å². The predicted molar refractivity (Wildman–Crippen MR) is 51.6 cm³/mol. The summed E-state index contributed by atoms with van der Waals surface area (Å²) in [6.07, 6.45) is 1.38. The molecule has 1 aliphatic rings. The van der Waals surface area contributed by atoms with Crippen LogP contribution in [-0.4, -0.2) is 39.8 Å². The van der Waals surface area contributed by atoms with Crippen LogP contribution in [0.4, 0.5) is 0 Å². The first-order chi connectivity index (χ1) is 5.52. The molecule has 0 saturated carbocycles. The van der Waals surface area contributed by atoms with Crippen LogP contribution in [0, 0.1) is 5.92 Å². The normalized spacial score (nSPS) is 43.5. The highest BCUT2D eigenvalue weighted by atomic mass is 15.2. The largest absolute Gasteiger partial charge is 0.337 e. The Kier molecular flexibility index (Phi) is 3.13. The Bertz CT molecular complexity index is 145. The number of piperidine rings is 1. The molecule has 0 aliphatic carbocycles. The molecule has 1 fully saturated rings. The van der Waals surface area contributed by atoms with Crippen molar-refractivity contribution in [3.8, 4) is 0 Å². The Morgan fingerprint density at radius 3 is 2.33 bits per heavy atom. The van der Waals surface area contributed by atoms with E-state index in [9.17, 15) is 0 Å². The quantitative estimate of drug-likeness (QED) is 0.473. The van der Waals surface area contributed by atoms with Crippen LogP contribution in [0.2, 0.25) is 0 Å². The van der Waals surface area contributed by atoms with Crippen molar-refractivity contribution in [3.05, 3.63) is 0 Å². The molecule has 2 nitrogen and oxygen atoms in total. The van der Waals surface area contributed by atoms with E-state index in [1.807, 2.05) is 0 Å². The van der Waals surface area contributed by atoms with Gasteiger partial charge in [-0.2, -0.15) is 0 Å². The summed E-state index contributed by atoms with van der Waals surface area (Å²) in [7, 11) is 6.89. The zero-order valence-electron chi connectivity index (χ0n) is 9.15. The second-order valence-electron chi connectivity index (χ2n) is 4.85. The highest BCUT2D eigenvalue weighted by Crippen LogP contribution is 2.07. The third-order valence-corrected chi connectivity index (χ3v) is 3.52. The smallest absolute Gasteiger partial charge is 0.101 e. The molecule has 0 amide bonds. The van der Waals surface area contributed by atoms with Gasteiger partial charge >= 0.3 is 0 Å². The number of hydrogen-bond acceptors (Lipinski definition) is 0. The van der Waals surface area contributed by atoms with E-state index in [2.05, 4.69) is 35.0 Å². The van der Waals surface area contributed by atoms with Gasteiger partial charge in [-0.25, -0.2) is 0 Å². The van der Waals surface area contributed by atoms with Gasteiger partial charge in [0.2, 0.25) is 0 Å². The average molecular weight is 172 g/mol. The minimum Gasteiger partial charge on any atom is -0.337 e. The summed E-state index contributed by atoms with van der Waals surface area (Å²) in [6.45, 7) is 6.11. The lowest BCUT2D eigenvalue weighted by molar-refractivity contribution is -0.950. The number of nitrogens with one attached hydrogen (secondary N) is 2. The van der Waals surface area contributed by atoms with Crippen molar-refractivity contribution < 1.29 is 9.80 Å². The van der Waals surface area contributed by atoms with Crippen LogP contribution < -0.4 is 9.80 Å². The molecular formula is C10H24N2+2. The van der Waals surface area contributed by atoms with E-state index in [-0.39, 0.29) is 0 Å². The molecule has 1 rings (SSSR count). The van der Waals surface area contributed by atoms with Crippen LogP contribution in [-0.2, 0) is 0 Å². The Morgan fingerprint density at radius 2 is 1.83 bits per heavy atom. The number of quaternary nitrogens is 2. The summed E-state index contributed by atoms with van der Waals surface area (Å²) in [4.78, 5) is 3.34. The van der Waals surface area contributed by atoms with Gasteiger partial charge < -0.3 is 9.80 Å². The van der Waals surface area contributed by atoms with E-state index < -0.39 is 0 Å². The molecule has 0 aromatic carbocycles. The van der Waals surface area contributed by atoms with Gasteiger partial charge in [0, 0.05) is 0 Å². The number of likely N-dealkylation sites (tertiary alicyclic amines) is 1. The molecule has 0 bridgehead atoms. The van der Waals surface area contributed by atoms with Crippen molar-refractivity contribution in [1.82, 2.24) is 0 Å². The summed E-state index contributed by atoms with van der Waals surface area (Å²) in [5, 5.41) is 0. The van der Waals surface area contributed by atoms with Crippen LogP contribution in [0.15, 0.2) is 0 Å². The first kappa shape index (κ1) is 10.0. The summed E-state index contributed by atoms with van der Waals surface area (Å²) >= 11 is 0. The lowest BCUT2D eigenvalue weighted by Crippen LogP contribution is -3.20. The van der Waals surface area contributed by atoms with Crippen LogP contribution in [0.5, 0.6) is 0 Å². The summed E-state index contributed by atoms with van der Waals surface area (Å²) in [5.74, 6) is 0.881. The maximum atomic E-state index is 2.40. The zero-order chi connectivity index (χ0) is 9.30. The summed E-state index contributed by atoms with van der Waals surface area (Å²) < 4.78 is 0. The fraction of sp³-hybridized carbons (Fsp3) is 1.00. The van der Waals surface area contributed by atoms with Crippen molar-refractivity contribution in [2.45, 2.75) is 32.4 Å². The molecule has 1 aliphatic heterocycles. The maximum Gasteiger partial charge on any atom is 0.101 e. The third-order valence-electron chi connectivity index (χ3n) is 3.52. The first-order valence-electron chi connectivity index (χ1n) is 5.14. The second-order valence-corrected chi connectivity index (χ2v) is 4.85. The van der Waals surface area contributed by atoms with Crippen molar-refractivity contribution in [3.63, 3.8) is 0 Å². The molecular weight excluding hydrogens is 148 g/mol. The minimum absolute atomic E-state index is 0.848. The van der Waals surface area contributed by atoms with Crippen molar-refractivity contribution in [2.24, 2.45) is 5.92 Å². The molecule has 72 valence electrons. The van der Waals surface area contributed by atoms with Gasteiger partial charge in [-0.1, -0.05) is 6.92 Å². The molecule has 0 aromatic rings. The Labute approximate surface area is 76.5 Å². The topological polar surface area (TPSA) is 8.88 Å². The molecule has 0 aromatic heterocycles. The van der Waals surface area contributed by atoms with Gasteiger partial charge in [-0.15, -0.1) is 0 Å². The van der Waals surface area contributed by atoms with Crippen molar-refractivity contribution in [1.29, 1.82) is 0 Å². The van der Waals surface area contributed by atoms with Crippen LogP contribution in [0.3, 0.4) is 0 Å². The summed E-state index contributed by atoms with van der Waals surface area (Å²) in [6, 6.07) is 1.73. The minimum atomic E-state index is 0.848. The molecule has 4 atom stereocenters. The molecule has 1 unspecified atom stereocenters. The average Bonchev–Trinajstić information content (AvgIpc) is 1.96. The first-order valence-corrected chi connectivity index (χ1v) is 5.14. The lowest BCUT2D eigenvalue weighted by atomic mass is 9.89. The standard InChI is InChI=1S/C10H22N2/c1-8-7-12(5)9(2)6-10(8)11(3)4/h8-10H,6-7H2,1-5H3/p+2/t8-,9+,10-/m1/s1. The Hall–Kier alpha value is -0.0800. The van der Waals surface area contributed by atoms with E-state index in [0.717, 1.165) is 18.0 Å². The van der Waals surface area contributed by atoms with Gasteiger partial charge in [0.1, 0.15) is 6.04 Å².